The molecule has 0 fully saturated rings. The predicted octanol–water partition coefficient (Wildman–Crippen LogP) is 2.95. The molecule has 0 saturated heterocycles. The van der Waals surface area contributed by atoms with E-state index >= 15 is 0 Å². The smallest absolute Gasteiger partial charge is 0.00319 e. The van der Waals surface area contributed by atoms with Crippen LogP contribution in [-0.4, -0.2) is 0 Å². The van der Waals surface area contributed by atoms with E-state index in [1.807, 2.05) is 32.1 Å². The zero-order valence-corrected chi connectivity index (χ0v) is 6.78. The lowest BCUT2D eigenvalue weighted by atomic mass is 10.3. The Hall–Kier alpha value is -0.430. The highest BCUT2D eigenvalue weighted by molar-refractivity contribution is 7.84. The minimum atomic E-state index is 0.788. The van der Waals surface area contributed by atoms with Gasteiger partial charge in [-0.25, -0.2) is 0 Å². The molecule has 0 amide bonds. The van der Waals surface area contributed by atoms with Crippen LogP contribution in [0.5, 0.6) is 0 Å². The van der Waals surface area contributed by atoms with Crippen molar-refractivity contribution in [3.05, 3.63) is 35.3 Å². The van der Waals surface area contributed by atoms with Crippen LogP contribution in [0.1, 0.15) is 13.8 Å². The van der Waals surface area contributed by atoms with Gasteiger partial charge in [-0.05, 0) is 24.8 Å². The molecule has 0 radical (unpaired) electrons. The summed E-state index contributed by atoms with van der Waals surface area (Å²) in [4.78, 5) is 0.788. The van der Waals surface area contributed by atoms with Gasteiger partial charge in [-0.3, -0.25) is 0 Å². The zero-order chi connectivity index (χ0) is 7.28. The summed E-state index contributed by atoms with van der Waals surface area (Å²) in [7, 11) is 0. The first-order chi connectivity index (χ1) is 4.16. The van der Waals surface area contributed by atoms with Crippen molar-refractivity contribution < 1.29 is 0 Å². The molecule has 0 aliphatic carbocycles. The molecule has 0 heterocycles. The van der Waals surface area contributed by atoms with Gasteiger partial charge < -0.3 is 0 Å². The average molecular weight is 140 g/mol. The zero-order valence-electron chi connectivity index (χ0n) is 5.89. The molecule has 1 heteroatoms. The molecule has 0 atom stereocenters. The third kappa shape index (κ3) is 5.44. The Balaban J connectivity index is 3.86. The molecule has 0 bridgehead atoms. The Bertz CT molecular complexity index is 152. The van der Waals surface area contributed by atoms with E-state index in [0.29, 0.717) is 0 Å². The summed E-state index contributed by atoms with van der Waals surface area (Å²) >= 11 is 4.00. The molecular formula is C8H12S. The first-order valence-electron chi connectivity index (χ1n) is 2.85. The molecule has 0 N–H and O–H groups in total. The van der Waals surface area contributed by atoms with Crippen LogP contribution in [0.2, 0.25) is 0 Å². The van der Waals surface area contributed by atoms with Crippen LogP contribution < -0.4 is 0 Å². The quantitative estimate of drug-likeness (QED) is 0.442. The summed E-state index contributed by atoms with van der Waals surface area (Å²) in [6.45, 7) is 7.65. The van der Waals surface area contributed by atoms with Gasteiger partial charge in [-0.1, -0.05) is 24.3 Å². The van der Waals surface area contributed by atoms with Crippen LogP contribution in [0.25, 0.3) is 0 Å². The van der Waals surface area contributed by atoms with Gasteiger partial charge in [0.15, 0.2) is 0 Å². The van der Waals surface area contributed by atoms with Crippen LogP contribution in [0.15, 0.2) is 35.3 Å². The highest BCUT2D eigenvalue weighted by Crippen LogP contribution is 2.01. The van der Waals surface area contributed by atoms with Crippen LogP contribution in [0, 0.1) is 0 Å². The molecule has 0 rings (SSSR count). The Morgan fingerprint density at radius 1 is 1.44 bits per heavy atom. The largest absolute Gasteiger partial charge is 0.144 e. The Kier molecular flexibility index (Phi) is 4.24. The maximum atomic E-state index is 4.00. The lowest BCUT2D eigenvalue weighted by molar-refractivity contribution is 1.48. The molecule has 0 unspecified atom stereocenters. The molecule has 0 aliphatic rings. The fourth-order valence-electron chi connectivity index (χ4n) is 0.324. The number of hydrogen-bond acceptors (Lipinski definition) is 1. The van der Waals surface area contributed by atoms with Crippen molar-refractivity contribution in [2.45, 2.75) is 13.8 Å². The van der Waals surface area contributed by atoms with Gasteiger partial charge in [0.1, 0.15) is 0 Å². The van der Waals surface area contributed by atoms with Crippen molar-refractivity contribution >= 4 is 12.6 Å². The number of allylic oxidation sites excluding steroid dienone is 4. The third-order valence-corrected chi connectivity index (χ3v) is 1.14. The summed E-state index contributed by atoms with van der Waals surface area (Å²) in [5, 5.41) is 0. The molecule has 50 valence electrons. The Morgan fingerprint density at radius 2 is 2.00 bits per heavy atom. The van der Waals surface area contributed by atoms with Crippen LogP contribution in [0.3, 0.4) is 0 Å². The second-order valence-electron chi connectivity index (χ2n) is 1.86. The Morgan fingerprint density at radius 3 is 2.33 bits per heavy atom. The van der Waals surface area contributed by atoms with E-state index < -0.39 is 0 Å². The van der Waals surface area contributed by atoms with Gasteiger partial charge in [-0.2, -0.15) is 0 Å². The van der Waals surface area contributed by atoms with E-state index in [9.17, 15) is 0 Å². The van der Waals surface area contributed by atoms with Crippen molar-refractivity contribution in [1.82, 2.24) is 0 Å². The van der Waals surface area contributed by atoms with Crippen LogP contribution >= 0.6 is 12.6 Å². The van der Waals surface area contributed by atoms with E-state index in [1.165, 1.54) is 5.57 Å². The van der Waals surface area contributed by atoms with Crippen LogP contribution in [0.4, 0.5) is 0 Å². The van der Waals surface area contributed by atoms with Gasteiger partial charge in [-0.15, -0.1) is 12.6 Å². The average Bonchev–Trinajstić information content (AvgIpc) is 1.83. The van der Waals surface area contributed by atoms with E-state index in [0.717, 1.165) is 4.91 Å². The van der Waals surface area contributed by atoms with Gasteiger partial charge in [0.05, 0.1) is 0 Å². The highest BCUT2D eigenvalue weighted by atomic mass is 32.1. The number of thiol groups is 1. The third-order valence-electron chi connectivity index (χ3n) is 0.994. The molecule has 0 aromatic rings. The summed E-state index contributed by atoms with van der Waals surface area (Å²) in [6.07, 6.45) is 5.89. The maximum absolute atomic E-state index is 4.00. The van der Waals surface area contributed by atoms with Crippen molar-refractivity contribution in [3.63, 3.8) is 0 Å². The molecule has 0 saturated carbocycles. The monoisotopic (exact) mass is 140 g/mol. The molecule has 0 nitrogen and oxygen atoms in total. The molecular weight excluding hydrogens is 128 g/mol. The van der Waals surface area contributed by atoms with E-state index in [1.54, 1.807) is 0 Å². The normalized spacial score (nSPS) is 12.6. The Labute approximate surface area is 62.4 Å². The summed E-state index contributed by atoms with van der Waals surface area (Å²) in [5.74, 6) is 0. The first kappa shape index (κ1) is 8.57. The lowest BCUT2D eigenvalue weighted by Gasteiger charge is -1.86. The van der Waals surface area contributed by atoms with Crippen LogP contribution in [-0.2, 0) is 0 Å². The van der Waals surface area contributed by atoms with E-state index in [4.69, 9.17) is 0 Å². The number of rotatable bonds is 2. The first-order valence-corrected chi connectivity index (χ1v) is 3.30. The van der Waals surface area contributed by atoms with Crippen molar-refractivity contribution in [2.24, 2.45) is 0 Å². The van der Waals surface area contributed by atoms with Crippen molar-refractivity contribution in [2.75, 3.05) is 0 Å². The van der Waals surface area contributed by atoms with E-state index in [2.05, 4.69) is 19.2 Å². The molecule has 0 aromatic heterocycles. The minimum Gasteiger partial charge on any atom is -0.144 e. The van der Waals surface area contributed by atoms with E-state index in [-0.39, 0.29) is 0 Å². The molecule has 0 aromatic carbocycles. The molecule has 9 heavy (non-hydrogen) atoms. The lowest BCUT2D eigenvalue weighted by Crippen LogP contribution is -1.64. The second kappa shape index (κ2) is 4.45. The highest BCUT2D eigenvalue weighted by Gasteiger charge is 1.76. The summed E-state index contributed by atoms with van der Waals surface area (Å²) < 4.78 is 0. The minimum absolute atomic E-state index is 0.788. The SMILES string of the molecule is C=C(S)/C=C\C(C)=C\C. The van der Waals surface area contributed by atoms with Crippen molar-refractivity contribution in [1.29, 1.82) is 0 Å². The second-order valence-corrected chi connectivity index (χ2v) is 2.43. The van der Waals surface area contributed by atoms with Gasteiger partial charge in [0.25, 0.3) is 0 Å². The van der Waals surface area contributed by atoms with Gasteiger partial charge in [0.2, 0.25) is 0 Å². The fourth-order valence-corrected chi connectivity index (χ4v) is 0.398. The van der Waals surface area contributed by atoms with Gasteiger partial charge in [0, 0.05) is 0 Å². The molecule has 0 spiro atoms. The standard InChI is InChI=1S/C8H12S/c1-4-7(2)5-6-8(3)9/h4-6,9H,3H2,1-2H3/b6-5-,7-4+. The fraction of sp³-hybridized carbons (Fsp3) is 0.250. The summed E-state index contributed by atoms with van der Waals surface area (Å²) in [5.41, 5.74) is 1.23. The van der Waals surface area contributed by atoms with Crippen molar-refractivity contribution in [3.8, 4) is 0 Å². The van der Waals surface area contributed by atoms with Gasteiger partial charge >= 0.3 is 0 Å². The summed E-state index contributed by atoms with van der Waals surface area (Å²) in [6, 6.07) is 0. The number of hydrogen-bond donors (Lipinski definition) is 1. The maximum Gasteiger partial charge on any atom is -0.00319 e. The topological polar surface area (TPSA) is 0 Å². The predicted molar refractivity (Wildman–Crippen MR) is 46.7 cm³/mol. The molecule has 0 aliphatic heterocycles.